The predicted molar refractivity (Wildman–Crippen MR) is 106 cm³/mol. The molecule has 0 aromatic carbocycles. The smallest absolute Gasteiger partial charge is 0.223 e. The second kappa shape index (κ2) is 10.4. The number of carbonyl (C=O) groups excluding carboxylic acids is 1. The number of amides is 1. The number of nitrogens with zero attached hydrogens (tertiary/aromatic N) is 1. The van der Waals surface area contributed by atoms with E-state index in [1.54, 1.807) is 0 Å². The average molecular weight is 436 g/mol. The third-order valence-electron chi connectivity index (χ3n) is 5.00. The van der Waals surface area contributed by atoms with Crippen molar-refractivity contribution in [3.8, 4) is 0 Å². The van der Waals surface area contributed by atoms with Crippen LogP contribution in [0.25, 0.3) is 0 Å². The molecule has 0 atom stereocenters. The fourth-order valence-corrected chi connectivity index (χ4v) is 3.19. The van der Waals surface area contributed by atoms with Gasteiger partial charge in [-0.2, -0.15) is 0 Å². The van der Waals surface area contributed by atoms with Gasteiger partial charge in [0.2, 0.25) is 5.91 Å². The third kappa shape index (κ3) is 6.85. The molecule has 1 amide bonds. The molecule has 2 fully saturated rings. The Morgan fingerprint density at radius 2 is 1.74 bits per heavy atom. The predicted octanol–water partition coefficient (Wildman–Crippen LogP) is 2.66. The molecule has 0 aliphatic heterocycles. The van der Waals surface area contributed by atoms with Crippen LogP contribution in [-0.2, 0) is 4.79 Å². The van der Waals surface area contributed by atoms with Crippen LogP contribution in [0.3, 0.4) is 0 Å². The molecule has 2 rings (SSSR count). The van der Waals surface area contributed by atoms with E-state index in [1.807, 2.05) is 0 Å². The first kappa shape index (κ1) is 20.5. The number of carbonyl (C=O) groups is 1. The van der Waals surface area contributed by atoms with E-state index in [2.05, 4.69) is 29.8 Å². The van der Waals surface area contributed by atoms with Crippen molar-refractivity contribution < 1.29 is 4.79 Å². The second-order valence-corrected chi connectivity index (χ2v) is 6.75. The summed E-state index contributed by atoms with van der Waals surface area (Å²) in [5.41, 5.74) is 0.419. The van der Waals surface area contributed by atoms with Crippen LogP contribution in [0.1, 0.15) is 58.8 Å². The van der Waals surface area contributed by atoms with Crippen molar-refractivity contribution in [3.05, 3.63) is 0 Å². The Kier molecular flexibility index (Phi) is 9.24. The van der Waals surface area contributed by atoms with Gasteiger partial charge in [-0.15, -0.1) is 24.0 Å². The number of nitrogens with one attached hydrogen (secondary N) is 3. The van der Waals surface area contributed by atoms with Crippen LogP contribution >= 0.6 is 24.0 Å². The summed E-state index contributed by atoms with van der Waals surface area (Å²) in [7, 11) is 0. The van der Waals surface area contributed by atoms with Gasteiger partial charge < -0.3 is 16.0 Å². The Bertz CT molecular complexity index is 390. The van der Waals surface area contributed by atoms with Gasteiger partial charge in [0.05, 0.1) is 0 Å². The normalized spacial score (nSPS) is 19.8. The molecule has 0 unspecified atom stereocenters. The molecule has 0 spiro atoms. The van der Waals surface area contributed by atoms with Crippen LogP contribution < -0.4 is 16.0 Å². The minimum Gasteiger partial charge on any atom is -0.357 e. The Balaban J connectivity index is 0.00000264. The summed E-state index contributed by atoms with van der Waals surface area (Å²) >= 11 is 0. The lowest BCUT2D eigenvalue weighted by Crippen LogP contribution is -2.42. The van der Waals surface area contributed by atoms with Crippen LogP contribution in [0.2, 0.25) is 0 Å². The second-order valence-electron chi connectivity index (χ2n) is 6.75. The SMILES string of the molecule is CCNC(=NCC1(CC)CCCC1)NCCNC(=O)C1CC1.I. The lowest BCUT2D eigenvalue weighted by molar-refractivity contribution is -0.122. The molecular formula is C17H33IN4O. The molecule has 0 saturated heterocycles. The Morgan fingerprint density at radius 3 is 2.30 bits per heavy atom. The van der Waals surface area contributed by atoms with Gasteiger partial charge in [-0.05, 0) is 44.4 Å². The largest absolute Gasteiger partial charge is 0.357 e. The molecule has 134 valence electrons. The quantitative estimate of drug-likeness (QED) is 0.237. The molecule has 0 aromatic rings. The highest BCUT2D eigenvalue weighted by atomic mass is 127. The maximum atomic E-state index is 11.6. The highest BCUT2D eigenvalue weighted by molar-refractivity contribution is 14.0. The van der Waals surface area contributed by atoms with Crippen LogP contribution in [0.15, 0.2) is 4.99 Å². The monoisotopic (exact) mass is 436 g/mol. The lowest BCUT2D eigenvalue weighted by atomic mass is 9.84. The zero-order valence-corrected chi connectivity index (χ0v) is 16.9. The number of hydrogen-bond donors (Lipinski definition) is 3. The molecule has 0 aromatic heterocycles. The zero-order valence-electron chi connectivity index (χ0n) is 14.6. The van der Waals surface area contributed by atoms with E-state index in [0.717, 1.165) is 38.4 Å². The molecule has 5 nitrogen and oxygen atoms in total. The van der Waals surface area contributed by atoms with Gasteiger partial charge in [0.15, 0.2) is 5.96 Å². The maximum Gasteiger partial charge on any atom is 0.223 e. The number of guanidine groups is 1. The number of halogens is 1. The topological polar surface area (TPSA) is 65.5 Å². The summed E-state index contributed by atoms with van der Waals surface area (Å²) in [6.07, 6.45) is 8.65. The van der Waals surface area contributed by atoms with Crippen LogP contribution in [0.5, 0.6) is 0 Å². The molecule has 2 saturated carbocycles. The Hall–Kier alpha value is -0.530. The first-order valence-corrected chi connectivity index (χ1v) is 8.99. The number of hydrogen-bond acceptors (Lipinski definition) is 2. The van der Waals surface area contributed by atoms with E-state index in [1.165, 1.54) is 32.1 Å². The summed E-state index contributed by atoms with van der Waals surface area (Å²) < 4.78 is 0. The van der Waals surface area contributed by atoms with Gasteiger partial charge in [-0.3, -0.25) is 9.79 Å². The van der Waals surface area contributed by atoms with E-state index in [-0.39, 0.29) is 35.8 Å². The van der Waals surface area contributed by atoms with Gasteiger partial charge >= 0.3 is 0 Å². The van der Waals surface area contributed by atoms with Crippen molar-refractivity contribution in [2.24, 2.45) is 16.3 Å². The molecule has 2 aliphatic rings. The van der Waals surface area contributed by atoms with Crippen LogP contribution in [-0.4, -0.2) is 38.0 Å². The fraction of sp³-hybridized carbons (Fsp3) is 0.882. The first-order chi connectivity index (χ1) is 10.7. The van der Waals surface area contributed by atoms with Gasteiger partial charge in [0, 0.05) is 32.1 Å². The van der Waals surface area contributed by atoms with Crippen LogP contribution in [0, 0.1) is 11.3 Å². The molecule has 0 heterocycles. The Labute approximate surface area is 157 Å². The summed E-state index contributed by atoms with van der Waals surface area (Å²) in [4.78, 5) is 16.4. The maximum absolute atomic E-state index is 11.6. The third-order valence-corrected chi connectivity index (χ3v) is 5.00. The minimum atomic E-state index is 0. The van der Waals surface area contributed by atoms with Crippen LogP contribution in [0.4, 0.5) is 0 Å². The fourth-order valence-electron chi connectivity index (χ4n) is 3.19. The van der Waals surface area contributed by atoms with E-state index in [9.17, 15) is 4.79 Å². The molecule has 0 radical (unpaired) electrons. The van der Waals surface area contributed by atoms with Gasteiger partial charge in [0.1, 0.15) is 0 Å². The Morgan fingerprint density at radius 1 is 1.09 bits per heavy atom. The molecule has 2 aliphatic carbocycles. The van der Waals surface area contributed by atoms with Crippen molar-refractivity contribution in [1.82, 2.24) is 16.0 Å². The summed E-state index contributed by atoms with van der Waals surface area (Å²) in [5.74, 6) is 1.37. The highest BCUT2D eigenvalue weighted by Gasteiger charge is 2.31. The van der Waals surface area contributed by atoms with E-state index in [0.29, 0.717) is 12.0 Å². The zero-order chi connectivity index (χ0) is 15.8. The van der Waals surface area contributed by atoms with Crippen molar-refractivity contribution in [2.75, 3.05) is 26.2 Å². The lowest BCUT2D eigenvalue weighted by Gasteiger charge is -2.25. The molecule has 3 N–H and O–H groups in total. The van der Waals surface area contributed by atoms with Gasteiger partial charge in [-0.1, -0.05) is 19.8 Å². The van der Waals surface area contributed by atoms with Gasteiger partial charge in [0.25, 0.3) is 0 Å². The average Bonchev–Trinajstić information content (AvgIpc) is 3.28. The summed E-state index contributed by atoms with van der Waals surface area (Å²) in [6, 6.07) is 0. The van der Waals surface area contributed by atoms with Crippen molar-refractivity contribution >= 4 is 35.8 Å². The number of rotatable bonds is 8. The standard InChI is InChI=1S/C17H32N4O.HI/c1-3-17(9-5-6-10-17)13-21-16(18-4-2)20-12-11-19-15(22)14-7-8-14;/h14H,3-13H2,1-2H3,(H,19,22)(H2,18,20,21);1H. The van der Waals surface area contributed by atoms with E-state index < -0.39 is 0 Å². The van der Waals surface area contributed by atoms with E-state index >= 15 is 0 Å². The first-order valence-electron chi connectivity index (χ1n) is 8.99. The van der Waals surface area contributed by atoms with Gasteiger partial charge in [-0.25, -0.2) is 0 Å². The summed E-state index contributed by atoms with van der Waals surface area (Å²) in [5, 5.41) is 9.60. The summed E-state index contributed by atoms with van der Waals surface area (Å²) in [6.45, 7) is 7.53. The van der Waals surface area contributed by atoms with E-state index in [4.69, 9.17) is 4.99 Å². The molecule has 0 bridgehead atoms. The van der Waals surface area contributed by atoms with Crippen molar-refractivity contribution in [3.63, 3.8) is 0 Å². The minimum absolute atomic E-state index is 0. The molecule has 6 heteroatoms. The molecule has 23 heavy (non-hydrogen) atoms. The van der Waals surface area contributed by atoms with Crippen molar-refractivity contribution in [1.29, 1.82) is 0 Å². The van der Waals surface area contributed by atoms with Crippen molar-refractivity contribution in [2.45, 2.75) is 58.8 Å². The molecular weight excluding hydrogens is 403 g/mol. The number of aliphatic imine (C=N–C) groups is 1. The highest BCUT2D eigenvalue weighted by Crippen LogP contribution is 2.41.